The number of unbranched alkanes of at least 4 members (excludes halogenated alkanes) is 1. The average Bonchev–Trinajstić information content (AvgIpc) is 2.63. The van der Waals surface area contributed by atoms with Crippen LogP contribution in [0.25, 0.3) is 0 Å². The van der Waals surface area contributed by atoms with E-state index in [0.717, 1.165) is 0 Å². The van der Waals surface area contributed by atoms with Crippen LogP contribution in [0.2, 0.25) is 0 Å². The van der Waals surface area contributed by atoms with Crippen molar-refractivity contribution in [1.82, 2.24) is 16.0 Å². The highest BCUT2D eigenvalue weighted by molar-refractivity contribution is 5.95. The van der Waals surface area contributed by atoms with Crippen LogP contribution in [-0.4, -0.2) is 76.6 Å². The topological polar surface area (TPSA) is 240 Å². The van der Waals surface area contributed by atoms with Crippen LogP contribution >= 0.6 is 0 Å². The van der Waals surface area contributed by atoms with E-state index in [1.165, 1.54) is 13.8 Å². The lowest BCUT2D eigenvalue weighted by molar-refractivity contribution is -0.143. The van der Waals surface area contributed by atoms with Gasteiger partial charge in [0.1, 0.15) is 18.1 Å². The molecule has 13 heteroatoms. The van der Waals surface area contributed by atoms with Crippen LogP contribution in [0.15, 0.2) is 0 Å². The van der Waals surface area contributed by atoms with E-state index in [-0.39, 0.29) is 6.42 Å². The van der Waals surface area contributed by atoms with Crippen LogP contribution in [0, 0.1) is 0 Å². The summed E-state index contributed by atoms with van der Waals surface area (Å²) >= 11 is 0. The molecule has 0 aliphatic heterocycles. The minimum atomic E-state index is -1.47. The average molecular weight is 432 g/mol. The molecule has 0 heterocycles. The zero-order chi connectivity index (χ0) is 23.4. The number of rotatable bonds is 14. The van der Waals surface area contributed by atoms with Crippen molar-refractivity contribution in [2.75, 3.05) is 6.54 Å². The van der Waals surface area contributed by atoms with Crippen LogP contribution in [0.1, 0.15) is 39.5 Å². The maximum atomic E-state index is 12.4. The molecule has 30 heavy (non-hydrogen) atoms. The molecule has 0 spiro atoms. The minimum absolute atomic E-state index is 0.128. The second-order valence-electron chi connectivity index (χ2n) is 6.92. The number of carbonyl (C=O) groups excluding carboxylic acids is 4. The van der Waals surface area contributed by atoms with Gasteiger partial charge in [0.05, 0.1) is 18.6 Å². The maximum Gasteiger partial charge on any atom is 0.326 e. The fourth-order valence-corrected chi connectivity index (χ4v) is 2.39. The van der Waals surface area contributed by atoms with Gasteiger partial charge in [-0.1, -0.05) is 0 Å². The minimum Gasteiger partial charge on any atom is -0.480 e. The van der Waals surface area contributed by atoms with Crippen molar-refractivity contribution < 1.29 is 34.2 Å². The summed E-state index contributed by atoms with van der Waals surface area (Å²) in [6, 6.07) is -5.10. The number of aliphatic hydroxyl groups is 1. The maximum absolute atomic E-state index is 12.4. The van der Waals surface area contributed by atoms with E-state index >= 15 is 0 Å². The molecule has 0 aromatic carbocycles. The zero-order valence-corrected chi connectivity index (χ0v) is 17.1. The van der Waals surface area contributed by atoms with Crippen molar-refractivity contribution in [1.29, 1.82) is 0 Å². The Labute approximate surface area is 174 Å². The number of carbonyl (C=O) groups is 5. The summed E-state index contributed by atoms with van der Waals surface area (Å²) in [6.45, 7) is 2.91. The van der Waals surface area contributed by atoms with E-state index in [4.69, 9.17) is 17.2 Å². The van der Waals surface area contributed by atoms with Gasteiger partial charge >= 0.3 is 5.97 Å². The number of hydrogen-bond acceptors (Lipinski definition) is 8. The van der Waals surface area contributed by atoms with Crippen molar-refractivity contribution in [2.24, 2.45) is 17.2 Å². The van der Waals surface area contributed by atoms with Gasteiger partial charge in [0.2, 0.25) is 23.6 Å². The SMILES string of the molecule is CC(NC(=O)C(N)CC(N)=O)C(=O)NC(C(=O)NC(CCCCN)C(=O)O)C(C)O. The summed E-state index contributed by atoms with van der Waals surface area (Å²) in [5.41, 5.74) is 15.8. The molecule has 172 valence electrons. The lowest BCUT2D eigenvalue weighted by atomic mass is 10.1. The van der Waals surface area contributed by atoms with Gasteiger partial charge in [0.15, 0.2) is 0 Å². The number of amides is 4. The number of aliphatic carboxylic acids is 1. The standard InChI is InChI=1S/C17H32N6O7/c1-8(21-15(27)10(19)7-12(20)25)14(26)23-13(9(2)24)16(28)22-11(17(29)30)5-3-4-6-18/h8-11,13,24H,3-7,18-19H2,1-2H3,(H2,20,25)(H,21,27)(H,22,28)(H,23,26)(H,29,30). The molecule has 0 aromatic heterocycles. The number of nitrogens with two attached hydrogens (primary N) is 3. The van der Waals surface area contributed by atoms with E-state index in [2.05, 4.69) is 16.0 Å². The van der Waals surface area contributed by atoms with Gasteiger partial charge in [0, 0.05) is 0 Å². The molecule has 0 rings (SSSR count). The lowest BCUT2D eigenvalue weighted by Crippen LogP contribution is -2.59. The molecule has 0 bridgehead atoms. The van der Waals surface area contributed by atoms with Crippen LogP contribution < -0.4 is 33.2 Å². The van der Waals surface area contributed by atoms with Crippen LogP contribution in [0.4, 0.5) is 0 Å². The predicted molar refractivity (Wildman–Crippen MR) is 105 cm³/mol. The summed E-state index contributed by atoms with van der Waals surface area (Å²) in [4.78, 5) is 58.7. The van der Waals surface area contributed by atoms with Crippen molar-refractivity contribution in [3.05, 3.63) is 0 Å². The summed E-state index contributed by atoms with van der Waals surface area (Å²) in [5, 5.41) is 25.9. The molecule has 13 nitrogen and oxygen atoms in total. The Morgan fingerprint density at radius 1 is 0.933 bits per heavy atom. The molecule has 0 fully saturated rings. The van der Waals surface area contributed by atoms with Gasteiger partial charge in [0.25, 0.3) is 0 Å². The third-order valence-electron chi connectivity index (χ3n) is 4.13. The zero-order valence-electron chi connectivity index (χ0n) is 17.1. The molecule has 0 aliphatic rings. The number of carboxylic acids is 1. The van der Waals surface area contributed by atoms with Crippen molar-refractivity contribution >= 4 is 29.6 Å². The Balaban J connectivity index is 4.97. The molecule has 0 saturated carbocycles. The first-order valence-electron chi connectivity index (χ1n) is 9.46. The second kappa shape index (κ2) is 13.5. The molecule has 0 saturated heterocycles. The summed E-state index contributed by atoms with van der Waals surface area (Å²) in [7, 11) is 0. The fraction of sp³-hybridized carbons (Fsp3) is 0.706. The molecule has 0 aliphatic carbocycles. The van der Waals surface area contributed by atoms with Gasteiger partial charge in [-0.15, -0.1) is 0 Å². The highest BCUT2D eigenvalue weighted by atomic mass is 16.4. The smallest absolute Gasteiger partial charge is 0.326 e. The fourth-order valence-electron chi connectivity index (χ4n) is 2.39. The van der Waals surface area contributed by atoms with Crippen molar-refractivity contribution in [3.8, 4) is 0 Å². The molecule has 0 radical (unpaired) electrons. The monoisotopic (exact) mass is 432 g/mol. The molecule has 5 unspecified atom stereocenters. The van der Waals surface area contributed by atoms with Gasteiger partial charge in [-0.05, 0) is 39.7 Å². The molecule has 0 aromatic rings. The number of primary amides is 1. The van der Waals surface area contributed by atoms with Crippen LogP contribution in [-0.2, 0) is 24.0 Å². The van der Waals surface area contributed by atoms with E-state index in [0.29, 0.717) is 19.4 Å². The predicted octanol–water partition coefficient (Wildman–Crippen LogP) is -3.74. The molecule has 11 N–H and O–H groups in total. The summed E-state index contributed by atoms with van der Waals surface area (Å²) < 4.78 is 0. The highest BCUT2D eigenvalue weighted by Gasteiger charge is 2.31. The Kier molecular flexibility index (Phi) is 12.2. The Bertz CT molecular complexity index is 628. The third-order valence-corrected chi connectivity index (χ3v) is 4.13. The quantitative estimate of drug-likeness (QED) is 0.126. The Morgan fingerprint density at radius 2 is 1.53 bits per heavy atom. The number of carboxylic acid groups (broad SMARTS) is 1. The third kappa shape index (κ3) is 10.1. The Hall–Kier alpha value is -2.77. The molecular formula is C17H32N6O7. The summed E-state index contributed by atoms with van der Waals surface area (Å²) in [6.07, 6.45) is -0.602. The first-order valence-corrected chi connectivity index (χ1v) is 9.46. The number of nitrogens with one attached hydrogen (secondary N) is 3. The van der Waals surface area contributed by atoms with Gasteiger partial charge in [-0.2, -0.15) is 0 Å². The lowest BCUT2D eigenvalue weighted by Gasteiger charge is -2.25. The summed E-state index contributed by atoms with van der Waals surface area (Å²) in [5.74, 6) is -4.59. The van der Waals surface area contributed by atoms with Gasteiger partial charge in [-0.3, -0.25) is 19.2 Å². The van der Waals surface area contributed by atoms with Crippen molar-refractivity contribution in [3.63, 3.8) is 0 Å². The van der Waals surface area contributed by atoms with E-state index < -0.39 is 66.3 Å². The van der Waals surface area contributed by atoms with E-state index in [1.54, 1.807) is 0 Å². The largest absolute Gasteiger partial charge is 0.480 e. The highest BCUT2D eigenvalue weighted by Crippen LogP contribution is 2.03. The van der Waals surface area contributed by atoms with Crippen molar-refractivity contribution in [2.45, 2.75) is 69.8 Å². The first-order chi connectivity index (χ1) is 13.9. The van der Waals surface area contributed by atoms with Gasteiger partial charge < -0.3 is 43.4 Å². The number of hydrogen-bond donors (Lipinski definition) is 8. The van der Waals surface area contributed by atoms with Gasteiger partial charge in [-0.25, -0.2) is 4.79 Å². The van der Waals surface area contributed by atoms with Crippen LogP contribution in [0.5, 0.6) is 0 Å². The Morgan fingerprint density at radius 3 is 2.00 bits per heavy atom. The van der Waals surface area contributed by atoms with E-state index in [9.17, 15) is 34.2 Å². The molecular weight excluding hydrogens is 400 g/mol. The second-order valence-corrected chi connectivity index (χ2v) is 6.92. The van der Waals surface area contributed by atoms with Crippen LogP contribution in [0.3, 0.4) is 0 Å². The first kappa shape index (κ1) is 27.2. The van der Waals surface area contributed by atoms with E-state index in [1.807, 2.05) is 0 Å². The number of aliphatic hydroxyl groups excluding tert-OH is 1. The normalized spacial score (nSPS) is 15.8. The molecule has 4 amide bonds. The molecule has 5 atom stereocenters.